The Balaban J connectivity index is 1.49. The summed E-state index contributed by atoms with van der Waals surface area (Å²) in [5.74, 6) is 0.0621. The molecular formula is C20H24N2O4S. The van der Waals surface area contributed by atoms with Gasteiger partial charge in [0.2, 0.25) is 21.8 Å². The summed E-state index contributed by atoms with van der Waals surface area (Å²) in [6, 6.07) is 6.26. The lowest BCUT2D eigenvalue weighted by molar-refractivity contribution is -0.140. The van der Waals surface area contributed by atoms with Crippen molar-refractivity contribution in [2.45, 2.75) is 38.0 Å². The summed E-state index contributed by atoms with van der Waals surface area (Å²) < 4.78 is 22.7. The van der Waals surface area contributed by atoms with Gasteiger partial charge in [0.15, 0.2) is 0 Å². The molecule has 6 nitrogen and oxygen atoms in total. The van der Waals surface area contributed by atoms with E-state index < -0.39 is 10.0 Å². The van der Waals surface area contributed by atoms with Crippen molar-refractivity contribution in [2.75, 3.05) is 6.54 Å². The summed E-state index contributed by atoms with van der Waals surface area (Å²) in [5, 5.41) is 5.10. The van der Waals surface area contributed by atoms with Crippen LogP contribution in [0.5, 0.6) is 0 Å². The fraction of sp³-hybridized carbons (Fsp3) is 0.500. The molecule has 7 heteroatoms. The van der Waals surface area contributed by atoms with Gasteiger partial charge in [-0.25, -0.2) is 13.6 Å². The predicted octanol–water partition coefficient (Wildman–Crippen LogP) is 1.85. The summed E-state index contributed by atoms with van der Waals surface area (Å²) in [5.41, 5.74) is 3.48. The van der Waals surface area contributed by atoms with Gasteiger partial charge in [-0.1, -0.05) is 23.3 Å². The number of imide groups is 1. The molecule has 4 atom stereocenters. The molecule has 3 fully saturated rings. The molecule has 2 aliphatic carbocycles. The van der Waals surface area contributed by atoms with Crippen molar-refractivity contribution in [3.8, 4) is 0 Å². The first kappa shape index (κ1) is 18.4. The minimum Gasteiger partial charge on any atom is -0.282 e. The second-order valence-corrected chi connectivity index (χ2v) is 9.63. The lowest BCUT2D eigenvalue weighted by Crippen LogP contribution is -2.35. The number of fused-ring (bicyclic) bond motifs is 5. The molecule has 1 aromatic rings. The monoisotopic (exact) mass is 388 g/mol. The van der Waals surface area contributed by atoms with Crippen molar-refractivity contribution in [3.05, 3.63) is 41.0 Å². The Morgan fingerprint density at radius 3 is 2.00 bits per heavy atom. The number of benzene rings is 1. The molecule has 27 heavy (non-hydrogen) atoms. The number of primary sulfonamides is 1. The van der Waals surface area contributed by atoms with Crippen LogP contribution in [0.1, 0.15) is 32.3 Å². The number of carbonyl (C=O) groups excluding carboxylic acids is 2. The highest BCUT2D eigenvalue weighted by atomic mass is 32.2. The highest BCUT2D eigenvalue weighted by Gasteiger charge is 2.63. The van der Waals surface area contributed by atoms with E-state index in [4.69, 9.17) is 5.14 Å². The van der Waals surface area contributed by atoms with Crippen LogP contribution in [0.3, 0.4) is 0 Å². The normalized spacial score (nSPS) is 29.6. The van der Waals surface area contributed by atoms with E-state index in [1.165, 1.54) is 28.2 Å². The van der Waals surface area contributed by atoms with Gasteiger partial charge in [-0.2, -0.15) is 0 Å². The van der Waals surface area contributed by atoms with Crippen LogP contribution in [0.4, 0.5) is 0 Å². The smallest absolute Gasteiger partial charge is 0.238 e. The molecule has 1 aromatic carbocycles. The number of nitrogens with two attached hydrogens (primary N) is 1. The standard InChI is InChI=1S/C20H24N2O4S/c1-11(2)16-14-7-8-15(16)18-17(14)19(23)22(20(18)24)10-9-12-3-5-13(6-4-12)27(21,25)26/h3-6,14-15,17-18H,7-10H2,1-2H3,(H2,21,25,26)/t14-,15-,17-,18-/m1/s1. The molecule has 1 heterocycles. The molecule has 0 aromatic heterocycles. The van der Waals surface area contributed by atoms with Gasteiger partial charge in [0.25, 0.3) is 0 Å². The van der Waals surface area contributed by atoms with Crippen molar-refractivity contribution >= 4 is 21.8 Å². The minimum atomic E-state index is -3.72. The molecule has 1 aliphatic heterocycles. The maximum Gasteiger partial charge on any atom is 0.238 e. The maximum atomic E-state index is 12.9. The average molecular weight is 388 g/mol. The molecule has 2 amide bonds. The Morgan fingerprint density at radius 2 is 1.56 bits per heavy atom. The van der Waals surface area contributed by atoms with Crippen LogP contribution in [0, 0.1) is 23.7 Å². The van der Waals surface area contributed by atoms with Crippen LogP contribution in [0.15, 0.2) is 40.3 Å². The molecule has 0 unspecified atom stereocenters. The highest BCUT2D eigenvalue weighted by Crippen LogP contribution is 2.60. The lowest BCUT2D eigenvalue weighted by Gasteiger charge is -2.19. The van der Waals surface area contributed by atoms with E-state index in [1.54, 1.807) is 12.1 Å². The number of rotatable bonds is 4. The molecule has 0 spiro atoms. The summed E-state index contributed by atoms with van der Waals surface area (Å²) in [7, 11) is -3.72. The second-order valence-electron chi connectivity index (χ2n) is 8.06. The summed E-state index contributed by atoms with van der Waals surface area (Å²) in [6.45, 7) is 4.50. The van der Waals surface area contributed by atoms with Gasteiger partial charge in [-0.15, -0.1) is 0 Å². The van der Waals surface area contributed by atoms with Crippen LogP contribution in [0.2, 0.25) is 0 Å². The summed E-state index contributed by atoms with van der Waals surface area (Å²) in [4.78, 5) is 27.4. The lowest BCUT2D eigenvalue weighted by atomic mass is 9.81. The number of amides is 2. The van der Waals surface area contributed by atoms with Crippen LogP contribution in [-0.4, -0.2) is 31.7 Å². The van der Waals surface area contributed by atoms with E-state index in [1.807, 2.05) is 0 Å². The Bertz CT molecular complexity index is 913. The van der Waals surface area contributed by atoms with Gasteiger partial charge >= 0.3 is 0 Å². The molecule has 2 N–H and O–H groups in total. The number of allylic oxidation sites excluding steroid dienone is 2. The van der Waals surface area contributed by atoms with E-state index in [9.17, 15) is 18.0 Å². The van der Waals surface area contributed by atoms with E-state index in [0.717, 1.165) is 18.4 Å². The predicted molar refractivity (Wildman–Crippen MR) is 99.8 cm³/mol. The Morgan fingerprint density at radius 1 is 1.04 bits per heavy atom. The van der Waals surface area contributed by atoms with Crippen molar-refractivity contribution in [2.24, 2.45) is 28.8 Å². The van der Waals surface area contributed by atoms with Crippen molar-refractivity contribution in [1.29, 1.82) is 0 Å². The average Bonchev–Trinajstić information content (AvgIpc) is 3.23. The third-order valence-electron chi connectivity index (χ3n) is 6.40. The van der Waals surface area contributed by atoms with E-state index in [0.29, 0.717) is 13.0 Å². The van der Waals surface area contributed by atoms with Gasteiger partial charge in [-0.3, -0.25) is 14.5 Å². The summed E-state index contributed by atoms with van der Waals surface area (Å²) in [6.07, 6.45) is 2.52. The molecule has 1 saturated heterocycles. The topological polar surface area (TPSA) is 97.5 Å². The fourth-order valence-electron chi connectivity index (χ4n) is 5.36. The largest absolute Gasteiger partial charge is 0.282 e. The second kappa shape index (κ2) is 6.27. The number of nitrogens with zero attached hydrogens (tertiary/aromatic N) is 1. The zero-order valence-corrected chi connectivity index (χ0v) is 16.3. The number of hydrogen-bond acceptors (Lipinski definition) is 4. The third kappa shape index (κ3) is 2.84. The molecular weight excluding hydrogens is 364 g/mol. The van der Waals surface area contributed by atoms with Crippen molar-refractivity contribution in [1.82, 2.24) is 4.90 Å². The molecule has 3 aliphatic rings. The number of hydrogen-bond donors (Lipinski definition) is 1. The molecule has 4 rings (SSSR count). The van der Waals surface area contributed by atoms with E-state index in [2.05, 4.69) is 13.8 Å². The molecule has 2 saturated carbocycles. The molecule has 0 radical (unpaired) electrons. The fourth-order valence-corrected chi connectivity index (χ4v) is 5.88. The first-order valence-electron chi connectivity index (χ1n) is 9.34. The first-order valence-corrected chi connectivity index (χ1v) is 10.9. The van der Waals surface area contributed by atoms with Crippen LogP contribution >= 0.6 is 0 Å². The van der Waals surface area contributed by atoms with Gasteiger partial charge in [0.1, 0.15) is 0 Å². The Hall–Kier alpha value is -1.99. The summed E-state index contributed by atoms with van der Waals surface area (Å²) >= 11 is 0. The third-order valence-corrected chi connectivity index (χ3v) is 7.33. The van der Waals surface area contributed by atoms with Gasteiger partial charge < -0.3 is 0 Å². The Kier molecular flexibility index (Phi) is 4.27. The first-order chi connectivity index (χ1) is 12.7. The quantitative estimate of drug-likeness (QED) is 0.629. The molecule has 144 valence electrons. The maximum absolute atomic E-state index is 12.9. The van der Waals surface area contributed by atoms with Crippen LogP contribution in [0.25, 0.3) is 0 Å². The van der Waals surface area contributed by atoms with Gasteiger partial charge in [-0.05, 0) is 62.6 Å². The van der Waals surface area contributed by atoms with Crippen LogP contribution in [-0.2, 0) is 26.0 Å². The zero-order chi connectivity index (χ0) is 19.5. The number of sulfonamides is 1. The number of carbonyl (C=O) groups is 2. The SMILES string of the molecule is CC(C)=C1[C@H]2CC[C@H]1[C@H]1C(=O)N(CCc3ccc(S(N)(=O)=O)cc3)C(=O)[C@@H]12. The highest BCUT2D eigenvalue weighted by molar-refractivity contribution is 7.89. The van der Waals surface area contributed by atoms with Crippen molar-refractivity contribution < 1.29 is 18.0 Å². The van der Waals surface area contributed by atoms with Crippen LogP contribution < -0.4 is 5.14 Å². The molecule has 2 bridgehead atoms. The van der Waals surface area contributed by atoms with Gasteiger partial charge in [0.05, 0.1) is 16.7 Å². The Labute approximate surface area is 159 Å². The van der Waals surface area contributed by atoms with E-state index in [-0.39, 0.29) is 40.4 Å². The zero-order valence-electron chi connectivity index (χ0n) is 15.5. The minimum absolute atomic E-state index is 0.0305. The van der Waals surface area contributed by atoms with Gasteiger partial charge in [0, 0.05) is 6.54 Å². The van der Waals surface area contributed by atoms with Crippen molar-refractivity contribution in [3.63, 3.8) is 0 Å². The number of likely N-dealkylation sites (tertiary alicyclic amines) is 1. The van der Waals surface area contributed by atoms with E-state index >= 15 is 0 Å².